The van der Waals surface area contributed by atoms with Crippen LogP contribution >= 0.6 is 0 Å². The maximum Gasteiger partial charge on any atom is 0.221 e. The van der Waals surface area contributed by atoms with Crippen LogP contribution in [0.5, 0.6) is 0 Å². The molecule has 3 rings (SSSR count). The minimum Gasteiger partial charge on any atom is -0.354 e. The molecular weight excluding hydrogens is 336 g/mol. The minimum atomic E-state index is 0.0396. The van der Waals surface area contributed by atoms with Gasteiger partial charge in [-0.1, -0.05) is 48.5 Å². The van der Waals surface area contributed by atoms with Crippen molar-refractivity contribution in [2.75, 3.05) is 0 Å². The van der Waals surface area contributed by atoms with Crippen LogP contribution in [0.3, 0.4) is 0 Å². The first-order valence-electron chi connectivity index (χ1n) is 9.46. The fourth-order valence-electron chi connectivity index (χ4n) is 3.38. The Hall–Kier alpha value is -2.88. The van der Waals surface area contributed by atoms with Gasteiger partial charge in [0.05, 0.1) is 0 Å². The third kappa shape index (κ3) is 4.85. The molecule has 1 unspecified atom stereocenters. The van der Waals surface area contributed by atoms with Gasteiger partial charge in [-0.2, -0.15) is 0 Å². The number of benzene rings is 2. The fraction of sp³-hybridized carbons (Fsp3) is 0.304. The summed E-state index contributed by atoms with van der Waals surface area (Å²) in [5.41, 5.74) is 2.99. The van der Waals surface area contributed by atoms with E-state index in [0.29, 0.717) is 18.5 Å². The van der Waals surface area contributed by atoms with Crippen molar-refractivity contribution < 1.29 is 9.59 Å². The van der Waals surface area contributed by atoms with Crippen LogP contribution in [0, 0.1) is 0 Å². The number of carbonyl (C=O) groups is 2. The molecule has 1 heterocycles. The largest absolute Gasteiger partial charge is 0.354 e. The van der Waals surface area contributed by atoms with Gasteiger partial charge in [-0.3, -0.25) is 9.59 Å². The fourth-order valence-corrected chi connectivity index (χ4v) is 3.38. The van der Waals surface area contributed by atoms with Crippen LogP contribution in [0.4, 0.5) is 0 Å². The van der Waals surface area contributed by atoms with Crippen molar-refractivity contribution >= 4 is 22.6 Å². The van der Waals surface area contributed by atoms with Gasteiger partial charge in [-0.25, -0.2) is 0 Å². The van der Waals surface area contributed by atoms with Crippen molar-refractivity contribution in [1.29, 1.82) is 0 Å². The number of Topliss-reactive ketones (excluding diaryl/α,β-unsaturated/α-hetero) is 1. The van der Waals surface area contributed by atoms with Gasteiger partial charge >= 0.3 is 0 Å². The molecule has 27 heavy (non-hydrogen) atoms. The molecule has 3 aromatic rings. The molecule has 1 aromatic heterocycles. The van der Waals surface area contributed by atoms with Crippen molar-refractivity contribution in [2.45, 2.75) is 45.7 Å². The van der Waals surface area contributed by atoms with Gasteiger partial charge in [0.15, 0.2) is 5.78 Å². The molecule has 0 spiro atoms. The molecule has 0 saturated carbocycles. The first-order valence-corrected chi connectivity index (χ1v) is 9.46. The number of rotatable bonds is 8. The van der Waals surface area contributed by atoms with E-state index in [2.05, 4.69) is 17.4 Å². The molecule has 4 heteroatoms. The molecule has 0 aliphatic rings. The summed E-state index contributed by atoms with van der Waals surface area (Å²) >= 11 is 0. The van der Waals surface area contributed by atoms with Crippen LogP contribution in [-0.2, 0) is 17.8 Å². The third-order valence-corrected chi connectivity index (χ3v) is 4.86. The van der Waals surface area contributed by atoms with E-state index in [0.717, 1.165) is 23.7 Å². The minimum absolute atomic E-state index is 0.0396. The molecule has 0 saturated heterocycles. The molecule has 0 aliphatic carbocycles. The molecule has 4 nitrogen and oxygen atoms in total. The first kappa shape index (κ1) is 18.9. The summed E-state index contributed by atoms with van der Waals surface area (Å²) in [5.74, 6) is 0.0849. The highest BCUT2D eigenvalue weighted by Gasteiger charge is 2.13. The van der Waals surface area contributed by atoms with Crippen LogP contribution in [0.2, 0.25) is 0 Å². The summed E-state index contributed by atoms with van der Waals surface area (Å²) in [4.78, 5) is 24.2. The summed E-state index contributed by atoms with van der Waals surface area (Å²) in [6, 6.07) is 18.3. The Bertz CT molecular complexity index is 928. The lowest BCUT2D eigenvalue weighted by atomic mass is 10.1. The molecule has 140 valence electrons. The van der Waals surface area contributed by atoms with E-state index in [1.165, 1.54) is 5.56 Å². The number of para-hydroxylation sites is 1. The van der Waals surface area contributed by atoms with Crippen LogP contribution < -0.4 is 5.32 Å². The molecule has 1 N–H and O–H groups in total. The predicted molar refractivity (Wildman–Crippen MR) is 109 cm³/mol. The average molecular weight is 362 g/mol. The van der Waals surface area contributed by atoms with Gasteiger partial charge in [0, 0.05) is 41.7 Å². The van der Waals surface area contributed by atoms with Crippen LogP contribution in [-0.4, -0.2) is 22.3 Å². The molecule has 1 amide bonds. The molecule has 1 atom stereocenters. The summed E-state index contributed by atoms with van der Waals surface area (Å²) in [6.07, 6.45) is 4.12. The van der Waals surface area contributed by atoms with E-state index >= 15 is 0 Å². The monoisotopic (exact) mass is 362 g/mol. The number of nitrogens with zero attached hydrogens (tertiary/aromatic N) is 1. The maximum absolute atomic E-state index is 12.3. The van der Waals surface area contributed by atoms with Crippen molar-refractivity contribution in [1.82, 2.24) is 9.88 Å². The highest BCUT2D eigenvalue weighted by molar-refractivity contribution is 6.06. The molecule has 0 aliphatic heterocycles. The number of aryl methyl sites for hydroxylation is 2. The lowest BCUT2D eigenvalue weighted by molar-refractivity contribution is -0.121. The quantitative estimate of drug-likeness (QED) is 0.605. The molecular formula is C23H26N2O2. The Morgan fingerprint density at radius 2 is 1.74 bits per heavy atom. The van der Waals surface area contributed by atoms with Gasteiger partial charge in [0.25, 0.3) is 0 Å². The normalized spacial score (nSPS) is 12.1. The zero-order valence-corrected chi connectivity index (χ0v) is 15.9. The van der Waals surface area contributed by atoms with Gasteiger partial charge in [0.1, 0.15) is 0 Å². The van der Waals surface area contributed by atoms with Gasteiger partial charge in [-0.05, 0) is 38.3 Å². The Kier molecular flexibility index (Phi) is 6.07. The van der Waals surface area contributed by atoms with E-state index < -0.39 is 0 Å². The number of amides is 1. The van der Waals surface area contributed by atoms with E-state index in [4.69, 9.17) is 0 Å². The number of hydrogen-bond acceptors (Lipinski definition) is 2. The number of aromatic nitrogens is 1. The smallest absolute Gasteiger partial charge is 0.221 e. The van der Waals surface area contributed by atoms with Crippen LogP contribution in [0.1, 0.15) is 42.6 Å². The highest BCUT2D eigenvalue weighted by Crippen LogP contribution is 2.22. The van der Waals surface area contributed by atoms with E-state index in [1.54, 1.807) is 6.92 Å². The van der Waals surface area contributed by atoms with Crippen LogP contribution in [0.25, 0.3) is 10.9 Å². The Balaban J connectivity index is 1.55. The Labute approximate surface area is 160 Å². The number of hydrogen-bond donors (Lipinski definition) is 1. The molecule has 2 aromatic carbocycles. The molecule has 0 bridgehead atoms. The zero-order valence-electron chi connectivity index (χ0n) is 15.9. The third-order valence-electron chi connectivity index (χ3n) is 4.86. The number of fused-ring (bicyclic) bond motifs is 1. The topological polar surface area (TPSA) is 51.1 Å². The summed E-state index contributed by atoms with van der Waals surface area (Å²) in [7, 11) is 0. The van der Waals surface area contributed by atoms with Crippen molar-refractivity contribution in [3.63, 3.8) is 0 Å². The Morgan fingerprint density at radius 3 is 2.48 bits per heavy atom. The van der Waals surface area contributed by atoms with Crippen molar-refractivity contribution in [2.24, 2.45) is 0 Å². The number of ketones is 1. The second kappa shape index (κ2) is 8.67. The van der Waals surface area contributed by atoms with E-state index in [1.807, 2.05) is 60.2 Å². The standard InChI is InChI=1S/C23H26N2O2/c1-17(12-13-19-8-4-3-5-9-19)24-23(27)14-15-25-16-21(18(2)26)20-10-6-7-11-22(20)25/h3-11,16-17H,12-15H2,1-2H3,(H,24,27). The number of carbonyl (C=O) groups excluding carboxylic acids is 2. The molecule has 0 fully saturated rings. The highest BCUT2D eigenvalue weighted by atomic mass is 16.1. The Morgan fingerprint density at radius 1 is 1.04 bits per heavy atom. The second-order valence-corrected chi connectivity index (χ2v) is 7.05. The summed E-state index contributed by atoms with van der Waals surface area (Å²) < 4.78 is 2.00. The average Bonchev–Trinajstić information content (AvgIpc) is 3.05. The lowest BCUT2D eigenvalue weighted by Gasteiger charge is -2.14. The van der Waals surface area contributed by atoms with Crippen LogP contribution in [0.15, 0.2) is 60.8 Å². The van der Waals surface area contributed by atoms with Gasteiger partial charge in [0.2, 0.25) is 5.91 Å². The van der Waals surface area contributed by atoms with E-state index in [-0.39, 0.29) is 17.7 Å². The number of nitrogens with one attached hydrogen (secondary N) is 1. The molecule has 0 radical (unpaired) electrons. The van der Waals surface area contributed by atoms with E-state index in [9.17, 15) is 9.59 Å². The van der Waals surface area contributed by atoms with Gasteiger partial charge < -0.3 is 9.88 Å². The SMILES string of the molecule is CC(=O)c1cn(CCC(=O)NC(C)CCc2ccccc2)c2ccccc12. The zero-order chi connectivity index (χ0) is 19.2. The van der Waals surface area contributed by atoms with Crippen molar-refractivity contribution in [3.05, 3.63) is 71.9 Å². The predicted octanol–water partition coefficient (Wildman–Crippen LogP) is 4.37. The first-order chi connectivity index (χ1) is 13.0. The lowest BCUT2D eigenvalue weighted by Crippen LogP contribution is -2.33. The summed E-state index contributed by atoms with van der Waals surface area (Å²) in [5, 5.41) is 4.02. The second-order valence-electron chi connectivity index (χ2n) is 7.05. The maximum atomic E-state index is 12.3. The van der Waals surface area contributed by atoms with Gasteiger partial charge in [-0.15, -0.1) is 0 Å². The van der Waals surface area contributed by atoms with Crippen molar-refractivity contribution in [3.8, 4) is 0 Å². The summed E-state index contributed by atoms with van der Waals surface area (Å²) in [6.45, 7) is 4.18.